The number of nitrogens with one attached hydrogen (secondary N) is 1. The van der Waals surface area contributed by atoms with Crippen LogP contribution in [-0.2, 0) is 6.42 Å². The first-order valence-corrected chi connectivity index (χ1v) is 8.21. The summed E-state index contributed by atoms with van der Waals surface area (Å²) in [5.41, 5.74) is 2.02. The normalized spacial score (nSPS) is 16.8. The molecule has 2 amide bonds. The van der Waals surface area contributed by atoms with Crippen LogP contribution < -0.4 is 5.32 Å². The van der Waals surface area contributed by atoms with Crippen LogP contribution in [0.2, 0.25) is 0 Å². The van der Waals surface area contributed by atoms with Gasteiger partial charge in [-0.3, -0.25) is 4.40 Å². The van der Waals surface area contributed by atoms with Crippen LogP contribution in [-0.4, -0.2) is 38.6 Å². The van der Waals surface area contributed by atoms with Crippen LogP contribution in [0.25, 0.3) is 5.65 Å². The Kier molecular flexibility index (Phi) is 3.86. The van der Waals surface area contributed by atoms with Crippen LogP contribution in [0.1, 0.15) is 23.9 Å². The van der Waals surface area contributed by atoms with Crippen molar-refractivity contribution in [3.05, 3.63) is 66.1 Å². The molecular weight excluding hydrogens is 302 g/mol. The zero-order valence-electron chi connectivity index (χ0n) is 13.3. The monoisotopic (exact) mass is 321 g/mol. The van der Waals surface area contributed by atoms with E-state index in [0.29, 0.717) is 13.0 Å². The summed E-state index contributed by atoms with van der Waals surface area (Å²) in [6.45, 7) is 1.35. The fraction of sp³-hybridized carbons (Fsp3) is 0.278. The van der Waals surface area contributed by atoms with Crippen molar-refractivity contribution in [3.8, 4) is 0 Å². The molecule has 0 spiro atoms. The summed E-state index contributed by atoms with van der Waals surface area (Å²) >= 11 is 0. The van der Waals surface area contributed by atoms with Gasteiger partial charge in [-0.25, -0.2) is 4.79 Å². The molecule has 1 aliphatic rings. The Morgan fingerprint density at radius 2 is 1.96 bits per heavy atom. The molecule has 1 atom stereocenters. The van der Waals surface area contributed by atoms with E-state index in [1.807, 2.05) is 51.9 Å². The molecule has 24 heavy (non-hydrogen) atoms. The summed E-state index contributed by atoms with van der Waals surface area (Å²) in [7, 11) is 0. The number of amides is 2. The number of likely N-dealkylation sites (tertiary alicyclic amines) is 1. The van der Waals surface area contributed by atoms with E-state index in [4.69, 9.17) is 0 Å². The number of carbonyl (C=O) groups is 1. The van der Waals surface area contributed by atoms with Gasteiger partial charge < -0.3 is 10.2 Å². The molecular formula is C18H19N5O. The van der Waals surface area contributed by atoms with Gasteiger partial charge >= 0.3 is 6.03 Å². The Morgan fingerprint density at radius 1 is 1.12 bits per heavy atom. The Labute approximate surface area is 140 Å². The zero-order valence-corrected chi connectivity index (χ0v) is 13.3. The fourth-order valence-corrected chi connectivity index (χ4v) is 3.10. The summed E-state index contributed by atoms with van der Waals surface area (Å²) in [5, 5.41) is 11.3. The van der Waals surface area contributed by atoms with Crippen molar-refractivity contribution in [2.45, 2.75) is 18.9 Å². The van der Waals surface area contributed by atoms with E-state index in [2.05, 4.69) is 27.6 Å². The lowest BCUT2D eigenvalue weighted by Crippen LogP contribution is -2.50. The van der Waals surface area contributed by atoms with E-state index >= 15 is 0 Å². The molecule has 3 heterocycles. The molecule has 4 rings (SSSR count). The van der Waals surface area contributed by atoms with E-state index in [1.165, 1.54) is 5.56 Å². The molecule has 0 saturated carbocycles. The van der Waals surface area contributed by atoms with E-state index in [0.717, 1.165) is 24.4 Å². The average Bonchev–Trinajstić information content (AvgIpc) is 2.98. The maximum absolute atomic E-state index is 12.4. The first kappa shape index (κ1) is 14.7. The number of rotatable bonds is 4. The van der Waals surface area contributed by atoms with Crippen LogP contribution in [0, 0.1) is 0 Å². The second-order valence-corrected chi connectivity index (χ2v) is 5.94. The zero-order chi connectivity index (χ0) is 16.4. The molecule has 0 unspecified atom stereocenters. The third kappa shape index (κ3) is 2.71. The number of hydrogen-bond donors (Lipinski definition) is 1. The fourth-order valence-electron chi connectivity index (χ4n) is 3.10. The molecule has 0 bridgehead atoms. The Hall–Kier alpha value is -2.89. The lowest BCUT2D eigenvalue weighted by Gasteiger charge is -2.41. The van der Waals surface area contributed by atoms with Crippen LogP contribution in [0.4, 0.5) is 4.79 Å². The molecule has 6 nitrogen and oxygen atoms in total. The van der Waals surface area contributed by atoms with Gasteiger partial charge in [0.2, 0.25) is 0 Å². The van der Waals surface area contributed by atoms with Gasteiger partial charge in [-0.05, 0) is 24.1 Å². The molecule has 0 aliphatic carbocycles. The summed E-state index contributed by atoms with van der Waals surface area (Å²) in [6.07, 6.45) is 3.61. The van der Waals surface area contributed by atoms with Gasteiger partial charge in [0.1, 0.15) is 5.82 Å². The van der Waals surface area contributed by atoms with Crippen LogP contribution >= 0.6 is 0 Å². The number of pyridine rings is 1. The van der Waals surface area contributed by atoms with Gasteiger partial charge in [0.25, 0.3) is 0 Å². The van der Waals surface area contributed by atoms with E-state index in [9.17, 15) is 4.79 Å². The topological polar surface area (TPSA) is 62.5 Å². The van der Waals surface area contributed by atoms with Crippen molar-refractivity contribution >= 4 is 11.7 Å². The molecule has 6 heteroatoms. The van der Waals surface area contributed by atoms with Crippen LogP contribution in [0.3, 0.4) is 0 Å². The van der Waals surface area contributed by atoms with Crippen molar-refractivity contribution in [1.82, 2.24) is 24.8 Å². The van der Waals surface area contributed by atoms with Gasteiger partial charge in [0, 0.05) is 25.7 Å². The van der Waals surface area contributed by atoms with E-state index in [1.54, 1.807) is 0 Å². The highest BCUT2D eigenvalue weighted by Crippen LogP contribution is 2.32. The van der Waals surface area contributed by atoms with Crippen molar-refractivity contribution < 1.29 is 4.79 Å². The second-order valence-electron chi connectivity index (χ2n) is 5.94. The third-order valence-corrected chi connectivity index (χ3v) is 4.47. The minimum absolute atomic E-state index is 0.0103. The quantitative estimate of drug-likeness (QED) is 0.803. The smallest absolute Gasteiger partial charge is 0.317 e. The van der Waals surface area contributed by atoms with E-state index < -0.39 is 0 Å². The maximum Gasteiger partial charge on any atom is 0.317 e. The minimum Gasteiger partial charge on any atom is -0.338 e. The predicted octanol–water partition coefficient (Wildman–Crippen LogP) is 2.43. The van der Waals surface area contributed by atoms with Crippen molar-refractivity contribution in [1.29, 1.82) is 0 Å². The summed E-state index contributed by atoms with van der Waals surface area (Å²) < 4.78 is 1.95. The van der Waals surface area contributed by atoms with Gasteiger partial charge in [-0.2, -0.15) is 0 Å². The lowest BCUT2D eigenvalue weighted by atomic mass is 9.95. The molecule has 0 radical (unpaired) electrons. The SMILES string of the molecule is O=C(NCCc1nnc2ccccn12)N1CC[C@@H]1c1ccccc1. The van der Waals surface area contributed by atoms with Gasteiger partial charge in [0.05, 0.1) is 6.04 Å². The molecule has 1 aliphatic heterocycles. The molecule has 122 valence electrons. The molecule has 1 fully saturated rings. The number of fused-ring (bicyclic) bond motifs is 1. The predicted molar refractivity (Wildman–Crippen MR) is 90.6 cm³/mol. The number of nitrogens with zero attached hydrogens (tertiary/aromatic N) is 4. The van der Waals surface area contributed by atoms with Crippen molar-refractivity contribution in [2.75, 3.05) is 13.1 Å². The number of aromatic nitrogens is 3. The van der Waals surface area contributed by atoms with Crippen molar-refractivity contribution in [3.63, 3.8) is 0 Å². The highest BCUT2D eigenvalue weighted by molar-refractivity contribution is 5.75. The van der Waals surface area contributed by atoms with Crippen LogP contribution in [0.15, 0.2) is 54.7 Å². The summed E-state index contributed by atoms with van der Waals surface area (Å²) in [6, 6.07) is 16.2. The highest BCUT2D eigenvalue weighted by Gasteiger charge is 2.32. The molecule has 1 saturated heterocycles. The van der Waals surface area contributed by atoms with Gasteiger partial charge in [-0.1, -0.05) is 36.4 Å². The second kappa shape index (κ2) is 6.31. The average molecular weight is 321 g/mol. The summed E-state index contributed by atoms with van der Waals surface area (Å²) in [4.78, 5) is 14.3. The molecule has 1 aromatic carbocycles. The first-order valence-electron chi connectivity index (χ1n) is 8.21. The largest absolute Gasteiger partial charge is 0.338 e. The molecule has 1 N–H and O–H groups in total. The first-order chi connectivity index (χ1) is 11.8. The lowest BCUT2D eigenvalue weighted by molar-refractivity contribution is 0.115. The summed E-state index contributed by atoms with van der Waals surface area (Å²) in [5.74, 6) is 0.856. The van der Waals surface area contributed by atoms with Gasteiger partial charge in [0.15, 0.2) is 5.65 Å². The van der Waals surface area contributed by atoms with Crippen molar-refractivity contribution in [2.24, 2.45) is 0 Å². The van der Waals surface area contributed by atoms with Crippen LogP contribution in [0.5, 0.6) is 0 Å². The van der Waals surface area contributed by atoms with E-state index in [-0.39, 0.29) is 12.1 Å². The standard InChI is InChI=1S/C18H19N5O/c24-18(22-13-10-15(22)14-6-2-1-3-7-14)19-11-9-17-21-20-16-8-4-5-12-23(16)17/h1-8,12,15H,9-11,13H2,(H,19,24)/t15-/m1/s1. The Bertz CT molecular complexity index is 845. The number of benzene rings is 1. The number of hydrogen-bond acceptors (Lipinski definition) is 3. The minimum atomic E-state index is -0.0103. The highest BCUT2D eigenvalue weighted by atomic mass is 16.2. The molecule has 3 aromatic rings. The maximum atomic E-state index is 12.4. The van der Waals surface area contributed by atoms with Gasteiger partial charge in [-0.15, -0.1) is 10.2 Å². The number of carbonyl (C=O) groups excluding carboxylic acids is 1. The number of urea groups is 1. The third-order valence-electron chi connectivity index (χ3n) is 4.47. The Balaban J connectivity index is 1.34. The molecule has 2 aromatic heterocycles. The Morgan fingerprint density at radius 3 is 2.75 bits per heavy atom.